The van der Waals surface area contributed by atoms with Gasteiger partial charge in [0.25, 0.3) is 0 Å². The first kappa shape index (κ1) is 29.7. The van der Waals surface area contributed by atoms with Gasteiger partial charge in [-0.1, -0.05) is 45.3 Å². The third-order valence-corrected chi connectivity index (χ3v) is 4.66. The van der Waals surface area contributed by atoms with Crippen LogP contribution in [0.2, 0.25) is 45.3 Å². The average molecular weight is 439 g/mol. The Morgan fingerprint density at radius 3 is 1.71 bits per heavy atom. The summed E-state index contributed by atoms with van der Waals surface area (Å²) in [5.41, 5.74) is 2.33. The first-order valence-corrected chi connectivity index (χ1v) is 13.9. The molecule has 0 amide bonds. The first-order valence-electron chi connectivity index (χ1n) is 6.63. The Morgan fingerprint density at radius 1 is 0.952 bits per heavy atom. The molecule has 118 valence electrons. The van der Waals surface area contributed by atoms with Crippen molar-refractivity contribution in [2.24, 2.45) is 0 Å². The van der Waals surface area contributed by atoms with Gasteiger partial charge in [-0.05, 0) is 8.07 Å². The molecule has 0 nitrogen and oxygen atoms in total. The standard InChI is InChI=1S/C11H23Si2.C5H5.2ClH.Zr/c1-12(2,3)10-8-7-9-11-13(4,5)6;1-2-4-5-3-1;;;/h8-10H,11H2,1-6H3;1-5H;2*1H;/q2*-1;;;+4/p-2. The molecule has 0 N–H and O–H groups in total. The Hall–Kier alpha value is 0.727. The molecule has 0 radical (unpaired) electrons. The van der Waals surface area contributed by atoms with Crippen LogP contribution in [-0.4, -0.2) is 16.1 Å². The topological polar surface area (TPSA) is 0 Å². The summed E-state index contributed by atoms with van der Waals surface area (Å²) in [7, 11) is -1.90. The van der Waals surface area contributed by atoms with Crippen LogP contribution in [-0.2, 0) is 26.2 Å². The van der Waals surface area contributed by atoms with E-state index in [1.807, 2.05) is 30.3 Å². The van der Waals surface area contributed by atoms with Crippen molar-refractivity contribution >= 4 is 16.1 Å². The van der Waals surface area contributed by atoms with E-state index >= 15 is 0 Å². The third-order valence-electron chi connectivity index (χ3n) is 2.07. The summed E-state index contributed by atoms with van der Waals surface area (Å²) < 4.78 is 0. The summed E-state index contributed by atoms with van der Waals surface area (Å²) >= 11 is 0. The molecule has 0 atom stereocenters. The van der Waals surface area contributed by atoms with Gasteiger partial charge in [0.1, 0.15) is 0 Å². The van der Waals surface area contributed by atoms with E-state index in [0.29, 0.717) is 0 Å². The van der Waals surface area contributed by atoms with Crippen LogP contribution in [0.25, 0.3) is 0 Å². The average Bonchev–Trinajstić information content (AvgIpc) is 2.70. The Morgan fingerprint density at radius 2 is 1.43 bits per heavy atom. The summed E-state index contributed by atoms with van der Waals surface area (Å²) in [6.07, 6.45) is 7.56. The van der Waals surface area contributed by atoms with Gasteiger partial charge < -0.3 is 24.8 Å². The summed E-state index contributed by atoms with van der Waals surface area (Å²) in [4.78, 5) is 0. The van der Waals surface area contributed by atoms with Gasteiger partial charge in [0, 0.05) is 8.07 Å². The smallest absolute Gasteiger partial charge is 1.00 e. The largest absolute Gasteiger partial charge is 4.00 e. The Kier molecular flexibility index (Phi) is 22.1. The molecule has 0 aliphatic rings. The molecule has 0 saturated carbocycles. The van der Waals surface area contributed by atoms with Crippen molar-refractivity contribution in [1.82, 2.24) is 0 Å². The van der Waals surface area contributed by atoms with Gasteiger partial charge in [0.15, 0.2) is 0 Å². The quantitative estimate of drug-likeness (QED) is 0.339. The number of hydrogen-bond donors (Lipinski definition) is 0. The molecule has 0 aliphatic carbocycles. The summed E-state index contributed by atoms with van der Waals surface area (Å²) in [5, 5.41) is 0. The minimum atomic E-state index is -1.00. The molecular formula is C16H28Cl2Si2Zr. The minimum Gasteiger partial charge on any atom is -1.00 e. The van der Waals surface area contributed by atoms with E-state index in [2.05, 4.69) is 63.2 Å². The van der Waals surface area contributed by atoms with E-state index in [9.17, 15) is 0 Å². The van der Waals surface area contributed by atoms with Gasteiger partial charge in [-0.15, -0.1) is 0 Å². The molecule has 0 aromatic heterocycles. The van der Waals surface area contributed by atoms with E-state index in [1.165, 1.54) is 6.04 Å². The minimum absolute atomic E-state index is 0. The molecule has 0 fully saturated rings. The number of allylic oxidation sites excluding steroid dienone is 3. The fourth-order valence-corrected chi connectivity index (χ4v) is 2.38. The molecule has 1 aromatic carbocycles. The van der Waals surface area contributed by atoms with Gasteiger partial charge in [-0.3, -0.25) is 6.08 Å². The Balaban J connectivity index is -0.000000154. The molecule has 5 heteroatoms. The zero-order chi connectivity index (χ0) is 14.1. The van der Waals surface area contributed by atoms with Crippen LogP contribution in [0.5, 0.6) is 0 Å². The van der Waals surface area contributed by atoms with Crippen molar-refractivity contribution in [3.63, 3.8) is 0 Å². The fraction of sp³-hybridized carbons (Fsp3) is 0.438. The van der Waals surface area contributed by atoms with Crippen LogP contribution in [0.4, 0.5) is 0 Å². The zero-order valence-corrected chi connectivity index (χ0v) is 20.1. The molecule has 0 bridgehead atoms. The van der Waals surface area contributed by atoms with Gasteiger partial charge in [0.2, 0.25) is 0 Å². The van der Waals surface area contributed by atoms with Gasteiger partial charge in [-0.25, -0.2) is 23.9 Å². The van der Waals surface area contributed by atoms with Crippen LogP contribution in [0.3, 0.4) is 0 Å². The van der Waals surface area contributed by atoms with Crippen LogP contribution < -0.4 is 24.8 Å². The molecule has 1 rings (SSSR count). The molecule has 21 heavy (non-hydrogen) atoms. The van der Waals surface area contributed by atoms with Crippen LogP contribution in [0.1, 0.15) is 0 Å². The van der Waals surface area contributed by atoms with Crippen molar-refractivity contribution in [3.8, 4) is 0 Å². The van der Waals surface area contributed by atoms with Crippen LogP contribution in [0, 0.1) is 6.08 Å². The van der Waals surface area contributed by atoms with Crippen molar-refractivity contribution < 1.29 is 51.0 Å². The number of halogens is 2. The van der Waals surface area contributed by atoms with Gasteiger partial charge in [-0.2, -0.15) is 24.3 Å². The first-order chi connectivity index (χ1) is 8.21. The normalized spacial score (nSPS) is 11.0. The van der Waals surface area contributed by atoms with E-state index < -0.39 is 16.1 Å². The Labute approximate surface area is 165 Å². The molecule has 1 aromatic rings. The second-order valence-corrected chi connectivity index (χ2v) is 17.4. The van der Waals surface area contributed by atoms with Crippen LogP contribution >= 0.6 is 0 Å². The summed E-state index contributed by atoms with van der Waals surface area (Å²) in [6, 6.07) is 11.2. The number of hydrogen-bond acceptors (Lipinski definition) is 0. The van der Waals surface area contributed by atoms with Crippen LogP contribution in [0.15, 0.2) is 48.2 Å². The van der Waals surface area contributed by atoms with Crippen molar-refractivity contribution in [3.05, 3.63) is 54.3 Å². The maximum atomic E-state index is 3.26. The van der Waals surface area contributed by atoms with E-state index in [0.717, 1.165) is 0 Å². The predicted molar refractivity (Wildman–Crippen MR) is 90.5 cm³/mol. The predicted octanol–water partition coefficient (Wildman–Crippen LogP) is -0.471. The maximum Gasteiger partial charge on any atom is 4.00 e. The van der Waals surface area contributed by atoms with E-state index in [1.54, 1.807) is 0 Å². The molecule has 0 unspecified atom stereocenters. The molecular weight excluding hydrogens is 410 g/mol. The van der Waals surface area contributed by atoms with E-state index in [4.69, 9.17) is 0 Å². The maximum absolute atomic E-state index is 3.26. The summed E-state index contributed by atoms with van der Waals surface area (Å²) in [5.74, 6) is 0. The van der Waals surface area contributed by atoms with Crippen molar-refractivity contribution in [2.75, 3.05) is 0 Å². The summed E-state index contributed by atoms with van der Waals surface area (Å²) in [6.45, 7) is 14.2. The molecule has 0 heterocycles. The Bertz CT molecular complexity index is 330. The number of rotatable bonds is 4. The SMILES string of the molecule is C[Si](C)(C)C=C[C-]=CC[Si](C)(C)C.[Cl-].[Cl-].[Zr+4].c1cc[cH-]c1. The molecule has 0 aliphatic heterocycles. The van der Waals surface area contributed by atoms with Crippen molar-refractivity contribution in [2.45, 2.75) is 45.3 Å². The van der Waals surface area contributed by atoms with Crippen molar-refractivity contribution in [1.29, 1.82) is 0 Å². The molecule has 0 saturated heterocycles. The monoisotopic (exact) mass is 436 g/mol. The second kappa shape index (κ2) is 15.6. The second-order valence-electron chi connectivity index (χ2n) is 6.80. The zero-order valence-electron chi connectivity index (χ0n) is 14.1. The van der Waals surface area contributed by atoms with Gasteiger partial charge >= 0.3 is 26.2 Å². The van der Waals surface area contributed by atoms with E-state index in [-0.39, 0.29) is 51.0 Å². The third kappa shape index (κ3) is 29.4. The fourth-order valence-electron chi connectivity index (χ4n) is 1.05. The van der Waals surface area contributed by atoms with Gasteiger partial charge in [0.05, 0.1) is 0 Å². The molecule has 0 spiro atoms.